The zero-order valence-corrected chi connectivity index (χ0v) is 15.7. The molecular weight excluding hydrogens is 363 g/mol. The van der Waals surface area contributed by atoms with Gasteiger partial charge in [-0.25, -0.2) is 12.8 Å². The van der Waals surface area contributed by atoms with E-state index in [1.807, 2.05) is 32.0 Å². The van der Waals surface area contributed by atoms with Crippen LogP contribution in [0.15, 0.2) is 47.4 Å². The molecule has 0 aromatic heterocycles. The van der Waals surface area contributed by atoms with Crippen molar-refractivity contribution in [3.8, 4) is 0 Å². The molecule has 3 rings (SSSR count). The van der Waals surface area contributed by atoms with Crippen LogP contribution in [0, 0.1) is 12.7 Å². The first kappa shape index (κ1) is 18.2. The summed E-state index contributed by atoms with van der Waals surface area (Å²) in [6.45, 7) is 5.37. The predicted molar refractivity (Wildman–Crippen MR) is 98.2 cm³/mol. The Kier molecular flexibility index (Phi) is 5.04. The SMILES string of the molecule is Cc1cccc(N2CCN(S(=O)(=O)c3ccc(F)c(Cl)c3)CC2C)c1. The van der Waals surface area contributed by atoms with Gasteiger partial charge >= 0.3 is 0 Å². The van der Waals surface area contributed by atoms with Gasteiger partial charge in [-0.15, -0.1) is 0 Å². The topological polar surface area (TPSA) is 40.6 Å². The van der Waals surface area contributed by atoms with Gasteiger partial charge in [-0.2, -0.15) is 4.31 Å². The third-order valence-electron chi connectivity index (χ3n) is 4.45. The van der Waals surface area contributed by atoms with E-state index in [0.717, 1.165) is 11.8 Å². The number of halogens is 2. The molecule has 0 saturated carbocycles. The Hall–Kier alpha value is -1.63. The van der Waals surface area contributed by atoms with Crippen molar-refractivity contribution in [2.24, 2.45) is 0 Å². The summed E-state index contributed by atoms with van der Waals surface area (Å²) in [7, 11) is -3.69. The first-order valence-corrected chi connectivity index (χ1v) is 9.89. The van der Waals surface area contributed by atoms with Gasteiger partial charge in [0.15, 0.2) is 0 Å². The molecule has 0 aliphatic carbocycles. The lowest BCUT2D eigenvalue weighted by molar-refractivity contribution is 0.342. The molecule has 134 valence electrons. The molecule has 2 aromatic rings. The number of benzene rings is 2. The number of nitrogens with zero attached hydrogens (tertiary/aromatic N) is 2. The number of piperazine rings is 1. The Morgan fingerprint density at radius 1 is 1.16 bits per heavy atom. The van der Waals surface area contributed by atoms with Crippen LogP contribution in [0.4, 0.5) is 10.1 Å². The van der Waals surface area contributed by atoms with Crippen LogP contribution >= 0.6 is 11.6 Å². The van der Waals surface area contributed by atoms with Crippen LogP contribution in [0.5, 0.6) is 0 Å². The molecule has 0 radical (unpaired) electrons. The Morgan fingerprint density at radius 2 is 1.92 bits per heavy atom. The van der Waals surface area contributed by atoms with Gasteiger partial charge in [-0.1, -0.05) is 23.7 Å². The van der Waals surface area contributed by atoms with Gasteiger partial charge in [-0.3, -0.25) is 0 Å². The molecule has 2 aromatic carbocycles. The highest BCUT2D eigenvalue weighted by Crippen LogP contribution is 2.27. The van der Waals surface area contributed by atoms with Gasteiger partial charge in [0.1, 0.15) is 5.82 Å². The number of aryl methyl sites for hydroxylation is 1. The molecule has 7 heteroatoms. The lowest BCUT2D eigenvalue weighted by Gasteiger charge is -2.40. The standard InChI is InChI=1S/C18H20ClFN2O2S/c1-13-4-3-5-15(10-13)22-9-8-21(12-14(22)2)25(23,24)16-6-7-18(20)17(19)11-16/h3-7,10-11,14H,8-9,12H2,1-2H3. The highest BCUT2D eigenvalue weighted by atomic mass is 35.5. The normalized spacial score (nSPS) is 19.2. The Morgan fingerprint density at radius 3 is 2.56 bits per heavy atom. The summed E-state index contributed by atoms with van der Waals surface area (Å²) in [6, 6.07) is 11.7. The summed E-state index contributed by atoms with van der Waals surface area (Å²) in [6.07, 6.45) is 0. The van der Waals surface area contributed by atoms with Crippen molar-refractivity contribution in [2.45, 2.75) is 24.8 Å². The van der Waals surface area contributed by atoms with E-state index in [2.05, 4.69) is 11.0 Å². The highest BCUT2D eigenvalue weighted by molar-refractivity contribution is 7.89. The fourth-order valence-corrected chi connectivity index (χ4v) is 4.90. The van der Waals surface area contributed by atoms with E-state index < -0.39 is 15.8 Å². The van der Waals surface area contributed by atoms with Gasteiger partial charge in [0.2, 0.25) is 10.0 Å². The van der Waals surface area contributed by atoms with Crippen LogP contribution in [-0.2, 0) is 10.0 Å². The summed E-state index contributed by atoms with van der Waals surface area (Å²) in [5.41, 5.74) is 2.26. The second kappa shape index (κ2) is 6.94. The summed E-state index contributed by atoms with van der Waals surface area (Å²) >= 11 is 5.74. The van der Waals surface area contributed by atoms with E-state index in [0.29, 0.717) is 19.6 Å². The molecule has 0 spiro atoms. The number of rotatable bonds is 3. The molecule has 1 aliphatic heterocycles. The van der Waals surface area contributed by atoms with Crippen LogP contribution in [0.2, 0.25) is 5.02 Å². The molecule has 4 nitrogen and oxygen atoms in total. The average molecular weight is 383 g/mol. The Labute approximate surface area is 152 Å². The summed E-state index contributed by atoms with van der Waals surface area (Å²) in [5, 5.41) is -0.187. The Bertz CT molecular complexity index is 888. The van der Waals surface area contributed by atoms with Gasteiger partial charge in [0, 0.05) is 31.4 Å². The molecule has 25 heavy (non-hydrogen) atoms. The fraction of sp³-hybridized carbons (Fsp3) is 0.333. The number of hydrogen-bond acceptors (Lipinski definition) is 3. The molecule has 1 saturated heterocycles. The van der Waals surface area contributed by atoms with Crippen molar-refractivity contribution >= 4 is 27.3 Å². The number of anilines is 1. The first-order chi connectivity index (χ1) is 11.8. The maximum atomic E-state index is 13.3. The van der Waals surface area contributed by atoms with Crippen LogP contribution in [0.1, 0.15) is 12.5 Å². The second-order valence-corrected chi connectivity index (χ2v) is 8.67. The monoisotopic (exact) mass is 382 g/mol. The first-order valence-electron chi connectivity index (χ1n) is 8.07. The second-order valence-electron chi connectivity index (χ2n) is 6.32. The van der Waals surface area contributed by atoms with E-state index in [9.17, 15) is 12.8 Å². The van der Waals surface area contributed by atoms with Crippen LogP contribution < -0.4 is 4.90 Å². The van der Waals surface area contributed by atoms with Crippen molar-refractivity contribution in [2.75, 3.05) is 24.5 Å². The minimum absolute atomic E-state index is 0.0232. The lowest BCUT2D eigenvalue weighted by Crippen LogP contribution is -2.53. The summed E-state index contributed by atoms with van der Waals surface area (Å²) < 4.78 is 40.4. The molecule has 1 heterocycles. The largest absolute Gasteiger partial charge is 0.366 e. The minimum Gasteiger partial charge on any atom is -0.366 e. The average Bonchev–Trinajstić information content (AvgIpc) is 2.57. The van der Waals surface area contributed by atoms with Crippen molar-refractivity contribution in [3.05, 3.63) is 58.9 Å². The van der Waals surface area contributed by atoms with Gasteiger partial charge in [0.05, 0.1) is 9.92 Å². The van der Waals surface area contributed by atoms with E-state index in [-0.39, 0.29) is 16.0 Å². The maximum absolute atomic E-state index is 13.3. The number of hydrogen-bond donors (Lipinski definition) is 0. The van der Waals surface area contributed by atoms with Crippen molar-refractivity contribution < 1.29 is 12.8 Å². The fourth-order valence-electron chi connectivity index (χ4n) is 3.12. The van der Waals surface area contributed by atoms with Crippen LogP contribution in [0.25, 0.3) is 0 Å². The molecule has 1 fully saturated rings. The molecule has 1 aliphatic rings. The van der Waals surface area contributed by atoms with Crippen LogP contribution in [-0.4, -0.2) is 38.4 Å². The van der Waals surface area contributed by atoms with E-state index in [1.54, 1.807) is 0 Å². The molecule has 1 unspecified atom stereocenters. The van der Waals surface area contributed by atoms with Crippen molar-refractivity contribution in [3.63, 3.8) is 0 Å². The third-order valence-corrected chi connectivity index (χ3v) is 6.60. The Balaban J connectivity index is 1.81. The molecular formula is C18H20ClFN2O2S. The summed E-state index contributed by atoms with van der Waals surface area (Å²) in [5.74, 6) is -0.627. The minimum atomic E-state index is -3.69. The van der Waals surface area contributed by atoms with Gasteiger partial charge < -0.3 is 4.90 Å². The lowest BCUT2D eigenvalue weighted by atomic mass is 10.1. The predicted octanol–water partition coefficient (Wildman–Crippen LogP) is 3.69. The zero-order valence-electron chi connectivity index (χ0n) is 14.1. The van der Waals surface area contributed by atoms with E-state index >= 15 is 0 Å². The van der Waals surface area contributed by atoms with E-state index in [4.69, 9.17) is 11.6 Å². The smallest absolute Gasteiger partial charge is 0.243 e. The summed E-state index contributed by atoms with van der Waals surface area (Å²) in [4.78, 5) is 2.23. The van der Waals surface area contributed by atoms with Crippen molar-refractivity contribution in [1.82, 2.24) is 4.31 Å². The van der Waals surface area contributed by atoms with Crippen molar-refractivity contribution in [1.29, 1.82) is 0 Å². The zero-order chi connectivity index (χ0) is 18.2. The van der Waals surface area contributed by atoms with Crippen LogP contribution in [0.3, 0.4) is 0 Å². The molecule has 0 bridgehead atoms. The molecule has 1 atom stereocenters. The highest BCUT2D eigenvalue weighted by Gasteiger charge is 2.32. The molecule has 0 N–H and O–H groups in total. The van der Waals surface area contributed by atoms with Gasteiger partial charge in [-0.05, 0) is 49.7 Å². The maximum Gasteiger partial charge on any atom is 0.243 e. The quantitative estimate of drug-likeness (QED) is 0.812. The van der Waals surface area contributed by atoms with Gasteiger partial charge in [0.25, 0.3) is 0 Å². The number of sulfonamides is 1. The van der Waals surface area contributed by atoms with E-state index in [1.165, 1.54) is 22.0 Å². The molecule has 0 amide bonds. The third kappa shape index (κ3) is 3.66.